The van der Waals surface area contributed by atoms with Crippen molar-refractivity contribution < 1.29 is 27.5 Å². The average Bonchev–Trinajstić information content (AvgIpc) is 2.59. The Kier molecular flexibility index (Phi) is 5.86. The first-order valence-electron chi connectivity index (χ1n) is 7.61. The number of hydrogen-bond acceptors (Lipinski definition) is 4. The molecule has 0 radical (unpaired) electrons. The molecule has 2 N–H and O–H groups in total. The van der Waals surface area contributed by atoms with Gasteiger partial charge in [0.15, 0.2) is 0 Å². The quantitative estimate of drug-likeness (QED) is 0.789. The number of para-hydroxylation sites is 1. The van der Waals surface area contributed by atoms with Crippen LogP contribution in [-0.2, 0) is 15.7 Å². The van der Waals surface area contributed by atoms with Gasteiger partial charge in [-0.3, -0.25) is 4.79 Å². The van der Waals surface area contributed by atoms with E-state index in [0.717, 1.165) is 6.07 Å². The van der Waals surface area contributed by atoms with Gasteiger partial charge in [-0.1, -0.05) is 12.1 Å². The molecule has 0 aliphatic rings. The van der Waals surface area contributed by atoms with Crippen LogP contribution in [0.2, 0.25) is 0 Å². The summed E-state index contributed by atoms with van der Waals surface area (Å²) >= 11 is 0. The Morgan fingerprint density at radius 2 is 1.77 bits per heavy atom. The smallest absolute Gasteiger partial charge is 0.418 e. The summed E-state index contributed by atoms with van der Waals surface area (Å²) in [4.78, 5) is 23.4. The summed E-state index contributed by atoms with van der Waals surface area (Å²) in [5, 5.41) is 5.08. The predicted octanol–water partition coefficient (Wildman–Crippen LogP) is 3.85. The number of anilines is 2. The Balaban J connectivity index is 2.03. The Bertz CT molecular complexity index is 820. The summed E-state index contributed by atoms with van der Waals surface area (Å²) in [6.07, 6.45) is -4.56. The number of esters is 1. The number of aryl methyl sites for hydroxylation is 1. The molecular formula is C18H17F3N2O3. The van der Waals surface area contributed by atoms with Gasteiger partial charge in [-0.15, -0.1) is 0 Å². The fraction of sp³-hybridized carbons (Fsp3) is 0.222. The number of hydrogen-bond donors (Lipinski definition) is 2. The molecule has 0 atom stereocenters. The van der Waals surface area contributed by atoms with E-state index in [9.17, 15) is 22.8 Å². The molecule has 0 saturated heterocycles. The molecule has 0 aliphatic carbocycles. The minimum absolute atomic E-state index is 0.232. The Labute approximate surface area is 148 Å². The van der Waals surface area contributed by atoms with Crippen molar-refractivity contribution in [2.75, 3.05) is 24.3 Å². The molecule has 2 aromatic carbocycles. The van der Waals surface area contributed by atoms with Crippen LogP contribution in [0.4, 0.5) is 24.5 Å². The summed E-state index contributed by atoms with van der Waals surface area (Å²) < 4.78 is 43.4. The van der Waals surface area contributed by atoms with Crippen molar-refractivity contribution >= 4 is 23.3 Å². The highest BCUT2D eigenvalue weighted by Gasteiger charge is 2.33. The molecule has 0 aromatic heterocycles. The number of rotatable bonds is 5. The second-order valence-electron chi connectivity index (χ2n) is 5.47. The summed E-state index contributed by atoms with van der Waals surface area (Å²) in [5.41, 5.74) is 0.420. The van der Waals surface area contributed by atoms with E-state index in [1.54, 1.807) is 19.1 Å². The van der Waals surface area contributed by atoms with Gasteiger partial charge in [-0.05, 0) is 42.8 Å². The number of benzene rings is 2. The van der Waals surface area contributed by atoms with Crippen LogP contribution in [0.5, 0.6) is 0 Å². The van der Waals surface area contributed by atoms with E-state index in [2.05, 4.69) is 15.4 Å². The lowest BCUT2D eigenvalue weighted by Gasteiger charge is -2.14. The van der Waals surface area contributed by atoms with Gasteiger partial charge >= 0.3 is 12.1 Å². The third-order valence-electron chi connectivity index (χ3n) is 3.59. The number of nitrogens with one attached hydrogen (secondary N) is 2. The van der Waals surface area contributed by atoms with Crippen LogP contribution in [0.15, 0.2) is 42.5 Å². The fourth-order valence-electron chi connectivity index (χ4n) is 2.32. The molecule has 2 aromatic rings. The Hall–Kier alpha value is -3.03. The van der Waals surface area contributed by atoms with Crippen LogP contribution in [0.3, 0.4) is 0 Å². The maximum atomic E-state index is 12.9. The molecule has 0 fully saturated rings. The number of amides is 1. The van der Waals surface area contributed by atoms with Crippen LogP contribution in [-0.4, -0.2) is 25.5 Å². The number of methoxy groups -OCH3 is 1. The normalized spacial score (nSPS) is 11.0. The zero-order valence-corrected chi connectivity index (χ0v) is 14.1. The van der Waals surface area contributed by atoms with E-state index >= 15 is 0 Å². The maximum Gasteiger partial charge on any atom is 0.418 e. The standard InChI is InChI=1S/C18H17F3N2O3/c1-11-9-12(17(25)26-2)7-8-14(11)22-10-16(24)23-15-6-4-3-5-13(15)18(19,20)21/h3-9,22H,10H2,1-2H3,(H,23,24). The average molecular weight is 366 g/mol. The van der Waals surface area contributed by atoms with E-state index in [4.69, 9.17) is 0 Å². The molecule has 2 rings (SSSR count). The van der Waals surface area contributed by atoms with Gasteiger partial charge in [-0.25, -0.2) is 4.79 Å². The molecule has 0 bridgehead atoms. The van der Waals surface area contributed by atoms with Crippen LogP contribution < -0.4 is 10.6 Å². The summed E-state index contributed by atoms with van der Waals surface area (Å²) in [6, 6.07) is 9.47. The van der Waals surface area contributed by atoms with Crippen LogP contribution in [0.1, 0.15) is 21.5 Å². The molecular weight excluding hydrogens is 349 g/mol. The van der Waals surface area contributed by atoms with Crippen molar-refractivity contribution in [3.05, 3.63) is 59.2 Å². The molecule has 26 heavy (non-hydrogen) atoms. The van der Waals surface area contributed by atoms with E-state index in [-0.39, 0.29) is 12.2 Å². The molecule has 0 aliphatic heterocycles. The largest absolute Gasteiger partial charge is 0.465 e. The summed E-state index contributed by atoms with van der Waals surface area (Å²) in [6.45, 7) is 1.50. The van der Waals surface area contributed by atoms with Gasteiger partial charge in [0.1, 0.15) is 0 Å². The Morgan fingerprint density at radius 1 is 1.08 bits per heavy atom. The number of alkyl halides is 3. The second-order valence-corrected chi connectivity index (χ2v) is 5.47. The maximum absolute atomic E-state index is 12.9. The minimum Gasteiger partial charge on any atom is -0.465 e. The first kappa shape index (κ1) is 19.3. The Morgan fingerprint density at radius 3 is 2.38 bits per heavy atom. The third-order valence-corrected chi connectivity index (χ3v) is 3.59. The molecule has 5 nitrogen and oxygen atoms in total. The van der Waals surface area contributed by atoms with Crippen molar-refractivity contribution in [1.29, 1.82) is 0 Å². The van der Waals surface area contributed by atoms with E-state index in [1.807, 2.05) is 0 Å². The van der Waals surface area contributed by atoms with Gasteiger partial charge in [0.2, 0.25) is 5.91 Å². The minimum atomic E-state index is -4.56. The van der Waals surface area contributed by atoms with Gasteiger partial charge in [0.05, 0.1) is 30.5 Å². The predicted molar refractivity (Wildman–Crippen MR) is 91.1 cm³/mol. The molecule has 138 valence electrons. The highest BCUT2D eigenvalue weighted by atomic mass is 19.4. The zero-order valence-electron chi connectivity index (χ0n) is 14.1. The van der Waals surface area contributed by atoms with Crippen LogP contribution in [0.25, 0.3) is 0 Å². The van der Waals surface area contributed by atoms with E-state index < -0.39 is 23.6 Å². The number of carbonyl (C=O) groups excluding carboxylic acids is 2. The highest BCUT2D eigenvalue weighted by Crippen LogP contribution is 2.34. The molecule has 0 unspecified atom stereocenters. The van der Waals surface area contributed by atoms with Crippen LogP contribution >= 0.6 is 0 Å². The molecule has 0 saturated carbocycles. The van der Waals surface area contributed by atoms with Crippen molar-refractivity contribution in [3.63, 3.8) is 0 Å². The number of ether oxygens (including phenoxy) is 1. The SMILES string of the molecule is COC(=O)c1ccc(NCC(=O)Nc2ccccc2C(F)(F)F)c(C)c1. The van der Waals surface area contributed by atoms with Gasteiger partial charge in [-0.2, -0.15) is 13.2 Å². The van der Waals surface area contributed by atoms with E-state index in [0.29, 0.717) is 16.8 Å². The highest BCUT2D eigenvalue weighted by molar-refractivity contribution is 5.95. The van der Waals surface area contributed by atoms with Crippen molar-refractivity contribution in [2.45, 2.75) is 13.1 Å². The zero-order chi connectivity index (χ0) is 19.3. The first-order valence-corrected chi connectivity index (χ1v) is 7.61. The summed E-state index contributed by atoms with van der Waals surface area (Å²) in [7, 11) is 1.27. The summed E-state index contributed by atoms with van der Waals surface area (Å²) in [5.74, 6) is -1.11. The first-order chi connectivity index (χ1) is 12.2. The lowest BCUT2D eigenvalue weighted by Crippen LogP contribution is -2.23. The van der Waals surface area contributed by atoms with E-state index in [1.165, 1.54) is 31.4 Å². The van der Waals surface area contributed by atoms with Crippen molar-refractivity contribution in [2.24, 2.45) is 0 Å². The van der Waals surface area contributed by atoms with Gasteiger partial charge in [0.25, 0.3) is 0 Å². The second kappa shape index (κ2) is 7.90. The van der Waals surface area contributed by atoms with Crippen molar-refractivity contribution in [3.8, 4) is 0 Å². The lowest BCUT2D eigenvalue weighted by atomic mass is 10.1. The van der Waals surface area contributed by atoms with Crippen molar-refractivity contribution in [1.82, 2.24) is 0 Å². The third kappa shape index (κ3) is 4.75. The molecule has 0 heterocycles. The van der Waals surface area contributed by atoms with Crippen LogP contribution in [0, 0.1) is 6.92 Å². The molecule has 1 amide bonds. The van der Waals surface area contributed by atoms with Gasteiger partial charge in [0, 0.05) is 5.69 Å². The van der Waals surface area contributed by atoms with Gasteiger partial charge < -0.3 is 15.4 Å². The molecule has 8 heteroatoms. The topological polar surface area (TPSA) is 67.4 Å². The fourth-order valence-corrected chi connectivity index (χ4v) is 2.32. The molecule has 0 spiro atoms. The lowest BCUT2D eigenvalue weighted by molar-refractivity contribution is -0.137. The number of halogens is 3. The monoisotopic (exact) mass is 366 g/mol. The number of carbonyl (C=O) groups is 2.